The van der Waals surface area contributed by atoms with Gasteiger partial charge >= 0.3 is 0 Å². The maximum Gasteiger partial charge on any atom is 0.255 e. The van der Waals surface area contributed by atoms with E-state index in [9.17, 15) is 4.79 Å². The predicted molar refractivity (Wildman–Crippen MR) is 119 cm³/mol. The smallest absolute Gasteiger partial charge is 0.255 e. The van der Waals surface area contributed by atoms with Crippen LogP contribution in [0, 0.1) is 0 Å². The number of anilines is 1. The molecule has 5 nitrogen and oxygen atoms in total. The Kier molecular flexibility index (Phi) is 5.53. The van der Waals surface area contributed by atoms with Crippen molar-refractivity contribution in [2.75, 3.05) is 11.9 Å². The SMILES string of the molecule is CCOc1cccc(C(=O)Nc2ccc3oc(-c4ccc(C(C)C)cc4)nc3c2)c1. The van der Waals surface area contributed by atoms with Crippen LogP contribution in [0.4, 0.5) is 5.69 Å². The molecule has 1 heterocycles. The highest BCUT2D eigenvalue weighted by molar-refractivity contribution is 6.05. The fraction of sp³-hybridized carbons (Fsp3) is 0.200. The molecule has 1 amide bonds. The van der Waals surface area contributed by atoms with Gasteiger partial charge in [0.15, 0.2) is 5.58 Å². The van der Waals surface area contributed by atoms with Crippen molar-refractivity contribution in [2.45, 2.75) is 26.7 Å². The molecule has 4 aromatic rings. The normalized spacial score (nSPS) is 11.1. The van der Waals surface area contributed by atoms with Crippen molar-refractivity contribution in [1.82, 2.24) is 4.98 Å². The van der Waals surface area contributed by atoms with E-state index in [1.165, 1.54) is 5.56 Å². The van der Waals surface area contributed by atoms with E-state index in [2.05, 4.69) is 36.3 Å². The van der Waals surface area contributed by atoms with Gasteiger partial charge in [-0.05, 0) is 66.9 Å². The minimum Gasteiger partial charge on any atom is -0.494 e. The van der Waals surface area contributed by atoms with Crippen LogP contribution in [0.5, 0.6) is 5.75 Å². The lowest BCUT2D eigenvalue weighted by molar-refractivity contribution is 0.102. The van der Waals surface area contributed by atoms with Gasteiger partial charge in [0.2, 0.25) is 5.89 Å². The lowest BCUT2D eigenvalue weighted by Gasteiger charge is -2.07. The molecular weight excluding hydrogens is 376 g/mol. The van der Waals surface area contributed by atoms with Crippen molar-refractivity contribution in [3.05, 3.63) is 77.9 Å². The van der Waals surface area contributed by atoms with E-state index in [1.54, 1.807) is 18.2 Å². The van der Waals surface area contributed by atoms with Crippen molar-refractivity contribution >= 4 is 22.7 Å². The first-order valence-electron chi connectivity index (χ1n) is 10.1. The number of carbonyl (C=O) groups is 1. The quantitative estimate of drug-likeness (QED) is 0.414. The molecule has 30 heavy (non-hydrogen) atoms. The Balaban J connectivity index is 1.55. The van der Waals surface area contributed by atoms with Gasteiger partial charge in [-0.2, -0.15) is 0 Å². The Hall–Kier alpha value is -3.60. The molecule has 0 aliphatic carbocycles. The van der Waals surface area contributed by atoms with E-state index in [0.29, 0.717) is 46.5 Å². The molecule has 3 aromatic carbocycles. The number of hydrogen-bond donors (Lipinski definition) is 1. The summed E-state index contributed by atoms with van der Waals surface area (Å²) < 4.78 is 11.4. The van der Waals surface area contributed by atoms with Crippen molar-refractivity contribution < 1.29 is 13.9 Å². The number of nitrogens with one attached hydrogen (secondary N) is 1. The van der Waals surface area contributed by atoms with Gasteiger partial charge in [-0.3, -0.25) is 4.79 Å². The first-order chi connectivity index (χ1) is 14.5. The highest BCUT2D eigenvalue weighted by atomic mass is 16.5. The third-order valence-electron chi connectivity index (χ3n) is 4.88. The van der Waals surface area contributed by atoms with Gasteiger partial charge in [-0.1, -0.05) is 32.0 Å². The van der Waals surface area contributed by atoms with Crippen molar-refractivity contribution in [3.8, 4) is 17.2 Å². The second-order valence-electron chi connectivity index (χ2n) is 7.39. The topological polar surface area (TPSA) is 64.4 Å². The maximum absolute atomic E-state index is 12.6. The van der Waals surface area contributed by atoms with Crippen LogP contribution in [-0.2, 0) is 0 Å². The Morgan fingerprint density at radius 1 is 1.07 bits per heavy atom. The number of hydrogen-bond acceptors (Lipinski definition) is 4. The van der Waals surface area contributed by atoms with Gasteiger partial charge < -0.3 is 14.5 Å². The summed E-state index contributed by atoms with van der Waals surface area (Å²) in [6.07, 6.45) is 0. The fourth-order valence-electron chi connectivity index (χ4n) is 3.24. The summed E-state index contributed by atoms with van der Waals surface area (Å²) in [5.41, 5.74) is 4.76. The summed E-state index contributed by atoms with van der Waals surface area (Å²) in [4.78, 5) is 17.2. The predicted octanol–water partition coefficient (Wildman–Crippen LogP) is 6.27. The molecule has 0 radical (unpaired) electrons. The van der Waals surface area contributed by atoms with Crippen LogP contribution in [0.25, 0.3) is 22.6 Å². The molecular formula is C25H24N2O3. The molecule has 1 aromatic heterocycles. The van der Waals surface area contributed by atoms with Crippen LogP contribution >= 0.6 is 0 Å². The molecule has 1 N–H and O–H groups in total. The Morgan fingerprint density at radius 3 is 2.60 bits per heavy atom. The van der Waals surface area contributed by atoms with Crippen LogP contribution in [0.1, 0.15) is 42.6 Å². The summed E-state index contributed by atoms with van der Waals surface area (Å²) in [5.74, 6) is 1.51. The van der Waals surface area contributed by atoms with Gasteiger partial charge in [-0.25, -0.2) is 4.98 Å². The average molecular weight is 400 g/mol. The lowest BCUT2D eigenvalue weighted by atomic mass is 10.0. The molecule has 0 spiro atoms. The number of nitrogens with zero attached hydrogens (tertiary/aromatic N) is 1. The molecule has 0 saturated carbocycles. The molecule has 0 bridgehead atoms. The van der Waals surface area contributed by atoms with E-state index in [0.717, 1.165) is 5.56 Å². The third-order valence-corrected chi connectivity index (χ3v) is 4.88. The molecule has 0 atom stereocenters. The van der Waals surface area contributed by atoms with Gasteiger partial charge in [0, 0.05) is 16.8 Å². The first-order valence-corrected chi connectivity index (χ1v) is 10.1. The van der Waals surface area contributed by atoms with E-state index >= 15 is 0 Å². The first kappa shape index (κ1) is 19.7. The monoisotopic (exact) mass is 400 g/mol. The van der Waals surface area contributed by atoms with Gasteiger partial charge in [0.1, 0.15) is 11.3 Å². The second kappa shape index (κ2) is 8.41. The van der Waals surface area contributed by atoms with Crippen molar-refractivity contribution in [2.24, 2.45) is 0 Å². The van der Waals surface area contributed by atoms with Gasteiger partial charge in [-0.15, -0.1) is 0 Å². The van der Waals surface area contributed by atoms with Crippen LogP contribution < -0.4 is 10.1 Å². The van der Waals surface area contributed by atoms with E-state index < -0.39 is 0 Å². The molecule has 0 fully saturated rings. The summed E-state index contributed by atoms with van der Waals surface area (Å²) in [5, 5.41) is 2.91. The summed E-state index contributed by atoms with van der Waals surface area (Å²) in [6, 6.07) is 20.8. The molecule has 0 saturated heterocycles. The molecule has 4 rings (SSSR count). The number of ether oxygens (including phenoxy) is 1. The Morgan fingerprint density at radius 2 is 1.87 bits per heavy atom. The van der Waals surface area contributed by atoms with Crippen LogP contribution in [0.2, 0.25) is 0 Å². The zero-order valence-electron chi connectivity index (χ0n) is 17.3. The van der Waals surface area contributed by atoms with Gasteiger partial charge in [0.25, 0.3) is 5.91 Å². The number of fused-ring (bicyclic) bond motifs is 1. The van der Waals surface area contributed by atoms with Crippen molar-refractivity contribution in [3.63, 3.8) is 0 Å². The standard InChI is InChI=1S/C25H24N2O3/c1-4-29-21-7-5-6-19(14-21)24(28)26-20-12-13-23-22(15-20)27-25(30-23)18-10-8-17(9-11-18)16(2)3/h5-16H,4H2,1-3H3,(H,26,28). The minimum atomic E-state index is -0.205. The Labute approximate surface area is 175 Å². The lowest BCUT2D eigenvalue weighted by Crippen LogP contribution is -2.11. The number of benzene rings is 3. The van der Waals surface area contributed by atoms with E-state index in [4.69, 9.17) is 9.15 Å². The van der Waals surface area contributed by atoms with Crippen LogP contribution in [0.15, 0.2) is 71.1 Å². The number of oxazole rings is 1. The summed E-state index contributed by atoms with van der Waals surface area (Å²) in [6.45, 7) is 6.79. The van der Waals surface area contributed by atoms with Crippen molar-refractivity contribution in [1.29, 1.82) is 0 Å². The molecule has 0 unspecified atom stereocenters. The average Bonchev–Trinajstić information content (AvgIpc) is 3.17. The van der Waals surface area contributed by atoms with Crippen LogP contribution in [0.3, 0.4) is 0 Å². The number of carbonyl (C=O) groups excluding carboxylic acids is 1. The second-order valence-corrected chi connectivity index (χ2v) is 7.39. The molecule has 152 valence electrons. The molecule has 0 aliphatic heterocycles. The van der Waals surface area contributed by atoms with E-state index in [1.807, 2.05) is 43.3 Å². The summed E-state index contributed by atoms with van der Waals surface area (Å²) >= 11 is 0. The Bertz CT molecular complexity index is 1180. The molecule has 0 aliphatic rings. The largest absolute Gasteiger partial charge is 0.494 e. The zero-order valence-corrected chi connectivity index (χ0v) is 17.3. The highest BCUT2D eigenvalue weighted by Crippen LogP contribution is 2.27. The van der Waals surface area contributed by atoms with E-state index in [-0.39, 0.29) is 5.91 Å². The maximum atomic E-state index is 12.6. The minimum absolute atomic E-state index is 0.205. The van der Waals surface area contributed by atoms with Gasteiger partial charge in [0.05, 0.1) is 6.61 Å². The number of aromatic nitrogens is 1. The summed E-state index contributed by atoms with van der Waals surface area (Å²) in [7, 11) is 0. The number of rotatable bonds is 6. The fourth-order valence-corrected chi connectivity index (χ4v) is 3.24. The zero-order chi connectivity index (χ0) is 21.1. The molecule has 5 heteroatoms. The third kappa shape index (κ3) is 4.20. The highest BCUT2D eigenvalue weighted by Gasteiger charge is 2.12. The van der Waals surface area contributed by atoms with Crippen LogP contribution in [-0.4, -0.2) is 17.5 Å². The number of amides is 1.